The maximum absolute atomic E-state index is 14.5. The van der Waals surface area contributed by atoms with E-state index in [2.05, 4.69) is 17.3 Å². The molecular formula is C25H31FN4O2. The van der Waals surface area contributed by atoms with Crippen LogP contribution in [0.1, 0.15) is 43.4 Å². The third-order valence-electron chi connectivity index (χ3n) is 5.65. The molecule has 1 N–H and O–H groups in total. The van der Waals surface area contributed by atoms with Gasteiger partial charge in [0.15, 0.2) is 0 Å². The first kappa shape index (κ1) is 23.6. The summed E-state index contributed by atoms with van der Waals surface area (Å²) >= 11 is 0. The summed E-state index contributed by atoms with van der Waals surface area (Å²) in [5.41, 5.74) is 1.64. The Balaban J connectivity index is 1.69. The zero-order valence-electron chi connectivity index (χ0n) is 19.0. The van der Waals surface area contributed by atoms with Gasteiger partial charge in [-0.1, -0.05) is 18.2 Å². The average molecular weight is 439 g/mol. The number of nitriles is 1. The summed E-state index contributed by atoms with van der Waals surface area (Å²) in [6.45, 7) is 6.27. The van der Waals surface area contributed by atoms with E-state index >= 15 is 0 Å². The summed E-state index contributed by atoms with van der Waals surface area (Å²) in [5, 5.41) is 12.0. The van der Waals surface area contributed by atoms with Crippen LogP contribution in [0.25, 0.3) is 0 Å². The van der Waals surface area contributed by atoms with Crippen molar-refractivity contribution in [3.8, 4) is 11.8 Å². The largest absolute Gasteiger partial charge is 0.491 e. The van der Waals surface area contributed by atoms with Gasteiger partial charge in [0.05, 0.1) is 24.3 Å². The molecule has 170 valence electrons. The molecule has 6 nitrogen and oxygen atoms in total. The molecule has 7 heteroatoms. The molecule has 0 aromatic heterocycles. The normalized spacial score (nSPS) is 14.8. The van der Waals surface area contributed by atoms with Gasteiger partial charge in [0.25, 0.3) is 0 Å². The zero-order valence-corrected chi connectivity index (χ0v) is 19.0. The van der Waals surface area contributed by atoms with Crippen LogP contribution < -0.4 is 10.1 Å². The maximum Gasteiger partial charge on any atom is 0.318 e. The van der Waals surface area contributed by atoms with Gasteiger partial charge in [-0.2, -0.15) is 5.26 Å². The highest BCUT2D eigenvalue weighted by atomic mass is 19.1. The van der Waals surface area contributed by atoms with Gasteiger partial charge in [-0.3, -0.25) is 0 Å². The van der Waals surface area contributed by atoms with Crippen LogP contribution in [0, 0.1) is 17.1 Å². The molecule has 0 atom stereocenters. The van der Waals surface area contributed by atoms with E-state index in [1.165, 1.54) is 6.07 Å². The van der Waals surface area contributed by atoms with Gasteiger partial charge in [-0.15, -0.1) is 0 Å². The van der Waals surface area contributed by atoms with Gasteiger partial charge in [0.2, 0.25) is 0 Å². The molecule has 0 radical (unpaired) electrons. The quantitative estimate of drug-likeness (QED) is 0.700. The molecule has 2 aromatic carbocycles. The van der Waals surface area contributed by atoms with Gasteiger partial charge in [0, 0.05) is 18.2 Å². The van der Waals surface area contributed by atoms with E-state index in [4.69, 9.17) is 10.00 Å². The number of amides is 2. The maximum atomic E-state index is 14.5. The number of hydrogen-bond donors (Lipinski definition) is 1. The van der Waals surface area contributed by atoms with E-state index in [9.17, 15) is 9.18 Å². The fourth-order valence-electron chi connectivity index (χ4n) is 3.84. The highest BCUT2D eigenvalue weighted by molar-refractivity contribution is 5.74. The van der Waals surface area contributed by atoms with Crippen LogP contribution in [-0.2, 0) is 13.1 Å². The number of halogens is 1. The van der Waals surface area contributed by atoms with Gasteiger partial charge >= 0.3 is 6.03 Å². The second-order valence-electron chi connectivity index (χ2n) is 8.55. The second-order valence-corrected chi connectivity index (χ2v) is 8.55. The number of piperidine rings is 1. The molecule has 1 fully saturated rings. The molecule has 1 heterocycles. The lowest BCUT2D eigenvalue weighted by Gasteiger charge is -2.37. The number of urea groups is 1. The topological polar surface area (TPSA) is 68.6 Å². The predicted molar refractivity (Wildman–Crippen MR) is 122 cm³/mol. The number of rotatable bonds is 7. The van der Waals surface area contributed by atoms with Crippen molar-refractivity contribution in [2.45, 2.75) is 51.9 Å². The highest BCUT2D eigenvalue weighted by Gasteiger charge is 2.27. The Labute approximate surface area is 189 Å². The number of carbonyl (C=O) groups excluding carboxylic acids is 1. The first-order valence-corrected chi connectivity index (χ1v) is 11.0. The Bertz CT molecular complexity index is 947. The van der Waals surface area contributed by atoms with Crippen LogP contribution in [0.4, 0.5) is 9.18 Å². The summed E-state index contributed by atoms with van der Waals surface area (Å²) in [7, 11) is 2.06. The van der Waals surface area contributed by atoms with Crippen LogP contribution in [0.5, 0.6) is 5.75 Å². The molecule has 0 unspecified atom stereocenters. The van der Waals surface area contributed by atoms with Crippen molar-refractivity contribution in [3.05, 3.63) is 65.0 Å². The first-order chi connectivity index (χ1) is 15.4. The Morgan fingerprint density at radius 1 is 1.25 bits per heavy atom. The second kappa shape index (κ2) is 11.0. The fraction of sp³-hybridized carbons (Fsp3) is 0.440. The van der Waals surface area contributed by atoms with E-state index in [1.807, 2.05) is 44.2 Å². The molecule has 0 spiro atoms. The van der Waals surface area contributed by atoms with E-state index < -0.39 is 5.82 Å². The summed E-state index contributed by atoms with van der Waals surface area (Å²) in [4.78, 5) is 17.1. The van der Waals surface area contributed by atoms with Crippen molar-refractivity contribution in [2.24, 2.45) is 0 Å². The van der Waals surface area contributed by atoms with E-state index in [0.29, 0.717) is 12.1 Å². The molecule has 1 aliphatic heterocycles. The lowest BCUT2D eigenvalue weighted by molar-refractivity contribution is 0.126. The predicted octanol–water partition coefficient (Wildman–Crippen LogP) is 4.29. The molecule has 0 aliphatic carbocycles. The smallest absolute Gasteiger partial charge is 0.318 e. The molecule has 2 amide bonds. The van der Waals surface area contributed by atoms with Gasteiger partial charge in [0.1, 0.15) is 11.6 Å². The fourth-order valence-corrected chi connectivity index (χ4v) is 3.84. The monoisotopic (exact) mass is 438 g/mol. The van der Waals surface area contributed by atoms with Gasteiger partial charge in [-0.25, -0.2) is 9.18 Å². The Morgan fingerprint density at radius 2 is 1.94 bits per heavy atom. The third kappa shape index (κ3) is 6.44. The minimum absolute atomic E-state index is 0.0306. The molecule has 1 saturated heterocycles. The number of nitrogens with one attached hydrogen (secondary N) is 1. The van der Waals surface area contributed by atoms with Crippen LogP contribution in [-0.4, -0.2) is 48.1 Å². The van der Waals surface area contributed by atoms with Gasteiger partial charge in [-0.05, 0) is 76.7 Å². The van der Waals surface area contributed by atoms with Crippen molar-refractivity contribution in [3.63, 3.8) is 0 Å². The van der Waals surface area contributed by atoms with Crippen molar-refractivity contribution in [2.75, 3.05) is 20.1 Å². The summed E-state index contributed by atoms with van der Waals surface area (Å²) in [6, 6.07) is 13.8. The molecule has 1 aliphatic rings. The molecular weight excluding hydrogens is 407 g/mol. The molecule has 32 heavy (non-hydrogen) atoms. The molecule has 2 aromatic rings. The van der Waals surface area contributed by atoms with Crippen LogP contribution in [0.2, 0.25) is 0 Å². The Morgan fingerprint density at radius 3 is 2.53 bits per heavy atom. The lowest BCUT2D eigenvalue weighted by Crippen LogP contribution is -2.49. The van der Waals surface area contributed by atoms with Crippen molar-refractivity contribution >= 4 is 6.03 Å². The summed E-state index contributed by atoms with van der Waals surface area (Å²) < 4.78 is 20.2. The van der Waals surface area contributed by atoms with E-state index in [1.54, 1.807) is 17.0 Å². The Hall–Kier alpha value is -3.11. The highest BCUT2D eigenvalue weighted by Crippen LogP contribution is 2.21. The van der Waals surface area contributed by atoms with Crippen LogP contribution in [0.15, 0.2) is 42.5 Å². The van der Waals surface area contributed by atoms with Crippen LogP contribution >= 0.6 is 0 Å². The van der Waals surface area contributed by atoms with Gasteiger partial charge < -0.3 is 19.9 Å². The zero-order chi connectivity index (χ0) is 23.1. The van der Waals surface area contributed by atoms with E-state index in [-0.39, 0.29) is 30.3 Å². The number of hydrogen-bond acceptors (Lipinski definition) is 4. The number of ether oxygens (including phenoxy) is 1. The SMILES string of the molecule is CC(C)Oc1ccc(CNC(=O)N(Cc2ccc(C#N)cc2F)C2CCN(C)CC2)cc1. The van der Waals surface area contributed by atoms with Crippen molar-refractivity contribution < 1.29 is 13.9 Å². The van der Waals surface area contributed by atoms with Crippen molar-refractivity contribution in [1.29, 1.82) is 5.26 Å². The van der Waals surface area contributed by atoms with Crippen LogP contribution in [0.3, 0.4) is 0 Å². The number of nitrogens with zero attached hydrogens (tertiary/aromatic N) is 3. The number of likely N-dealkylation sites (tertiary alicyclic amines) is 1. The Kier molecular flexibility index (Phi) is 8.07. The van der Waals surface area contributed by atoms with E-state index in [0.717, 1.165) is 37.2 Å². The third-order valence-corrected chi connectivity index (χ3v) is 5.65. The molecule has 0 saturated carbocycles. The molecule has 0 bridgehead atoms. The minimum Gasteiger partial charge on any atom is -0.491 e. The first-order valence-electron chi connectivity index (χ1n) is 11.0. The summed E-state index contributed by atoms with van der Waals surface area (Å²) in [5.74, 6) is 0.329. The lowest BCUT2D eigenvalue weighted by atomic mass is 10.0. The standard InChI is InChI=1S/C25H31FN4O2/c1-18(2)32-23-8-5-19(6-9-23)16-28-25(31)30(22-10-12-29(3)13-11-22)17-21-7-4-20(15-27)14-24(21)26/h4-9,14,18,22H,10-13,16-17H2,1-3H3,(H,28,31). The number of carbonyl (C=O) groups is 1. The van der Waals surface area contributed by atoms with Crippen molar-refractivity contribution in [1.82, 2.24) is 15.1 Å². The average Bonchev–Trinajstić information content (AvgIpc) is 2.78. The summed E-state index contributed by atoms with van der Waals surface area (Å²) in [6.07, 6.45) is 1.78. The minimum atomic E-state index is -0.462. The number of benzene rings is 2. The molecule has 3 rings (SSSR count).